The van der Waals surface area contributed by atoms with Crippen LogP contribution in [0.15, 0.2) is 67.5 Å². The molecule has 3 heterocycles. The highest BCUT2D eigenvalue weighted by Crippen LogP contribution is 2.15. The van der Waals surface area contributed by atoms with Crippen LogP contribution in [0.1, 0.15) is 22.1 Å². The standard InChI is InChI=1S/C18H13N7O/c19-10-15(13-11-22-25(12-13)14-4-2-1-3-5-14)23-18(26)16-17-21-7-9-24(17)8-6-20-16/h1-9,11-12,15H,(H,23,26)/t15-/m1/s1. The smallest absolute Gasteiger partial charge is 0.275 e. The fraction of sp³-hybridized carbons (Fsp3) is 0.0556. The molecule has 0 saturated heterocycles. The molecule has 0 aliphatic heterocycles. The van der Waals surface area contributed by atoms with Crippen molar-refractivity contribution in [2.45, 2.75) is 6.04 Å². The summed E-state index contributed by atoms with van der Waals surface area (Å²) in [6.07, 6.45) is 9.79. The molecule has 126 valence electrons. The average molecular weight is 343 g/mol. The number of carbonyl (C=O) groups is 1. The maximum Gasteiger partial charge on any atom is 0.275 e. The van der Waals surface area contributed by atoms with E-state index in [9.17, 15) is 10.1 Å². The Morgan fingerprint density at radius 3 is 2.69 bits per heavy atom. The number of benzene rings is 1. The number of aromatic nitrogens is 5. The summed E-state index contributed by atoms with van der Waals surface area (Å²) in [6, 6.07) is 10.8. The minimum atomic E-state index is -0.850. The fourth-order valence-electron chi connectivity index (χ4n) is 2.61. The van der Waals surface area contributed by atoms with Crippen LogP contribution in [-0.4, -0.2) is 30.1 Å². The molecule has 0 aliphatic carbocycles. The van der Waals surface area contributed by atoms with Gasteiger partial charge < -0.3 is 9.72 Å². The molecule has 4 rings (SSSR count). The van der Waals surface area contributed by atoms with Crippen molar-refractivity contribution in [1.29, 1.82) is 5.26 Å². The predicted molar refractivity (Wildman–Crippen MR) is 92.4 cm³/mol. The molecule has 0 fully saturated rings. The van der Waals surface area contributed by atoms with Crippen molar-refractivity contribution < 1.29 is 4.79 Å². The summed E-state index contributed by atoms with van der Waals surface area (Å²) in [5.41, 5.74) is 2.04. The lowest BCUT2D eigenvalue weighted by atomic mass is 10.2. The molecular weight excluding hydrogens is 330 g/mol. The Morgan fingerprint density at radius 1 is 1.15 bits per heavy atom. The zero-order chi connectivity index (χ0) is 17.9. The molecule has 0 radical (unpaired) electrons. The van der Waals surface area contributed by atoms with Gasteiger partial charge in [-0.1, -0.05) is 18.2 Å². The molecule has 0 saturated carbocycles. The van der Waals surface area contributed by atoms with Crippen LogP contribution in [0.4, 0.5) is 0 Å². The molecule has 8 nitrogen and oxygen atoms in total. The number of rotatable bonds is 4. The zero-order valence-corrected chi connectivity index (χ0v) is 13.5. The lowest BCUT2D eigenvalue weighted by Crippen LogP contribution is -2.28. The van der Waals surface area contributed by atoms with Gasteiger partial charge in [-0.25, -0.2) is 14.6 Å². The van der Waals surface area contributed by atoms with Crippen LogP contribution >= 0.6 is 0 Å². The van der Waals surface area contributed by atoms with Gasteiger partial charge in [0.05, 0.1) is 18.0 Å². The van der Waals surface area contributed by atoms with Crippen LogP contribution in [0, 0.1) is 11.3 Å². The molecule has 0 aliphatic rings. The Morgan fingerprint density at radius 2 is 1.92 bits per heavy atom. The lowest BCUT2D eigenvalue weighted by molar-refractivity contribution is 0.0941. The van der Waals surface area contributed by atoms with Crippen LogP contribution in [0.25, 0.3) is 11.3 Å². The minimum absolute atomic E-state index is 0.160. The monoisotopic (exact) mass is 343 g/mol. The van der Waals surface area contributed by atoms with Crippen molar-refractivity contribution >= 4 is 11.6 Å². The summed E-state index contributed by atoms with van der Waals surface area (Å²) in [7, 11) is 0. The van der Waals surface area contributed by atoms with Gasteiger partial charge in [0.15, 0.2) is 11.3 Å². The zero-order valence-electron chi connectivity index (χ0n) is 13.5. The van der Waals surface area contributed by atoms with Gasteiger partial charge in [-0.2, -0.15) is 10.4 Å². The van der Waals surface area contributed by atoms with Crippen LogP contribution in [0.3, 0.4) is 0 Å². The largest absolute Gasteiger partial charge is 0.331 e. The molecule has 0 bridgehead atoms. The fourth-order valence-corrected chi connectivity index (χ4v) is 2.61. The second-order valence-electron chi connectivity index (χ2n) is 5.52. The van der Waals surface area contributed by atoms with E-state index in [2.05, 4.69) is 26.5 Å². The Hall–Kier alpha value is -3.99. The van der Waals surface area contributed by atoms with Crippen LogP contribution in [0.5, 0.6) is 0 Å². The van der Waals surface area contributed by atoms with Crippen molar-refractivity contribution in [3.63, 3.8) is 0 Å². The normalized spacial score (nSPS) is 11.8. The Labute approximate surface area is 148 Å². The number of nitrogens with zero attached hydrogens (tertiary/aromatic N) is 6. The molecule has 1 aromatic carbocycles. The van der Waals surface area contributed by atoms with Crippen molar-refractivity contribution in [2.24, 2.45) is 0 Å². The van der Waals surface area contributed by atoms with E-state index >= 15 is 0 Å². The van der Waals surface area contributed by atoms with E-state index in [4.69, 9.17) is 0 Å². The van der Waals surface area contributed by atoms with Gasteiger partial charge in [0.25, 0.3) is 5.91 Å². The van der Waals surface area contributed by atoms with E-state index in [0.717, 1.165) is 5.69 Å². The van der Waals surface area contributed by atoms with Crippen molar-refractivity contribution in [1.82, 2.24) is 29.5 Å². The van der Waals surface area contributed by atoms with Gasteiger partial charge in [0, 0.05) is 36.5 Å². The number of nitrogens with one attached hydrogen (secondary N) is 1. The van der Waals surface area contributed by atoms with E-state index in [1.807, 2.05) is 30.3 Å². The van der Waals surface area contributed by atoms with Crippen molar-refractivity contribution in [2.75, 3.05) is 0 Å². The first-order valence-corrected chi connectivity index (χ1v) is 7.84. The van der Waals surface area contributed by atoms with Crippen LogP contribution < -0.4 is 5.32 Å². The van der Waals surface area contributed by atoms with E-state index < -0.39 is 11.9 Å². The van der Waals surface area contributed by atoms with Crippen LogP contribution in [-0.2, 0) is 0 Å². The number of hydrogen-bond donors (Lipinski definition) is 1. The predicted octanol–water partition coefficient (Wildman–Crippen LogP) is 1.91. The summed E-state index contributed by atoms with van der Waals surface area (Å²) in [5.74, 6) is -0.471. The highest BCUT2D eigenvalue weighted by molar-refractivity contribution is 5.98. The Kier molecular flexibility index (Phi) is 3.88. The van der Waals surface area contributed by atoms with E-state index in [0.29, 0.717) is 11.2 Å². The summed E-state index contributed by atoms with van der Waals surface area (Å²) in [5, 5.41) is 16.4. The second-order valence-corrected chi connectivity index (χ2v) is 5.52. The highest BCUT2D eigenvalue weighted by Gasteiger charge is 2.20. The Balaban J connectivity index is 1.59. The molecule has 4 aromatic rings. The summed E-state index contributed by atoms with van der Waals surface area (Å²) in [4.78, 5) is 20.8. The first-order chi connectivity index (χ1) is 12.8. The summed E-state index contributed by atoms with van der Waals surface area (Å²) >= 11 is 0. The van der Waals surface area contributed by atoms with Gasteiger partial charge in [-0.15, -0.1) is 0 Å². The van der Waals surface area contributed by atoms with Gasteiger partial charge in [0.1, 0.15) is 6.04 Å². The van der Waals surface area contributed by atoms with E-state index in [-0.39, 0.29) is 5.69 Å². The number of amides is 1. The third-order valence-corrected chi connectivity index (χ3v) is 3.89. The first-order valence-electron chi connectivity index (χ1n) is 7.84. The van der Waals surface area contributed by atoms with Gasteiger partial charge in [-0.05, 0) is 12.1 Å². The summed E-state index contributed by atoms with van der Waals surface area (Å²) in [6.45, 7) is 0. The van der Waals surface area contributed by atoms with Gasteiger partial charge in [-0.3, -0.25) is 4.79 Å². The van der Waals surface area contributed by atoms with Gasteiger partial charge in [0.2, 0.25) is 0 Å². The molecule has 1 amide bonds. The van der Waals surface area contributed by atoms with Gasteiger partial charge >= 0.3 is 0 Å². The number of para-hydroxylation sites is 1. The number of imidazole rings is 1. The van der Waals surface area contributed by atoms with Crippen LogP contribution in [0.2, 0.25) is 0 Å². The molecule has 8 heteroatoms. The van der Waals surface area contributed by atoms with E-state index in [1.54, 1.807) is 40.1 Å². The number of hydrogen-bond acceptors (Lipinski definition) is 5. The third-order valence-electron chi connectivity index (χ3n) is 3.89. The second kappa shape index (κ2) is 6.49. The van der Waals surface area contributed by atoms with E-state index in [1.165, 1.54) is 6.20 Å². The average Bonchev–Trinajstić information content (AvgIpc) is 3.35. The SMILES string of the molecule is N#C[C@@H](NC(=O)c1nccn2ccnc12)c1cnn(-c2ccccc2)c1. The van der Waals surface area contributed by atoms with Crippen molar-refractivity contribution in [3.8, 4) is 11.8 Å². The topological polar surface area (TPSA) is 101 Å². The molecule has 0 unspecified atom stereocenters. The quantitative estimate of drug-likeness (QED) is 0.610. The maximum absolute atomic E-state index is 12.6. The molecule has 1 atom stereocenters. The number of fused-ring (bicyclic) bond motifs is 1. The molecule has 0 spiro atoms. The molecule has 1 N–H and O–H groups in total. The molecular formula is C18H13N7O. The molecule has 26 heavy (non-hydrogen) atoms. The van der Waals surface area contributed by atoms with Crippen molar-refractivity contribution in [3.05, 3.63) is 78.8 Å². The third kappa shape index (κ3) is 2.78. The highest BCUT2D eigenvalue weighted by atomic mass is 16.2. The number of carbonyl (C=O) groups excluding carboxylic acids is 1. The lowest BCUT2D eigenvalue weighted by Gasteiger charge is -2.09. The summed E-state index contributed by atoms with van der Waals surface area (Å²) < 4.78 is 3.34. The minimum Gasteiger partial charge on any atom is -0.331 e. The molecule has 3 aromatic heterocycles. The Bertz CT molecular complexity index is 1110. The first kappa shape index (κ1) is 15.5. The maximum atomic E-state index is 12.6. The number of nitriles is 1.